The van der Waals surface area contributed by atoms with E-state index in [0.29, 0.717) is 37.4 Å². The minimum absolute atomic E-state index is 0.197. The normalized spacial score (nSPS) is 10.5. The molecule has 0 bridgehead atoms. The second-order valence-electron chi connectivity index (χ2n) is 5.38. The maximum atomic E-state index is 11.4. The van der Waals surface area contributed by atoms with Crippen molar-refractivity contribution in [3.63, 3.8) is 0 Å². The number of hydrogen-bond donors (Lipinski definition) is 0. The Morgan fingerprint density at radius 1 is 1.04 bits per heavy atom. The molecular weight excluding hydrogens is 342 g/mol. The highest BCUT2D eigenvalue weighted by atomic mass is 16.6. The van der Waals surface area contributed by atoms with Gasteiger partial charge in [-0.05, 0) is 37.0 Å². The maximum absolute atomic E-state index is 11.4. The summed E-state index contributed by atoms with van der Waals surface area (Å²) in [6.45, 7) is 0.787. The number of unbranched alkanes of at least 4 members (excludes halogenated alkanes) is 1. The van der Waals surface area contributed by atoms with Crippen molar-refractivity contribution in [2.24, 2.45) is 0 Å². The van der Waals surface area contributed by atoms with Crippen LogP contribution in [0.3, 0.4) is 0 Å². The van der Waals surface area contributed by atoms with Crippen molar-refractivity contribution < 1.29 is 28.7 Å². The van der Waals surface area contributed by atoms with Crippen LogP contribution in [0.2, 0.25) is 0 Å². The summed E-state index contributed by atoms with van der Waals surface area (Å²) in [7, 11) is 1.31. The molecule has 1 aromatic carbocycles. The van der Waals surface area contributed by atoms with Gasteiger partial charge in [-0.3, -0.25) is 19.7 Å². The zero-order valence-electron chi connectivity index (χ0n) is 14.7. The quantitative estimate of drug-likeness (QED) is 0.243. The van der Waals surface area contributed by atoms with Gasteiger partial charge in [-0.15, -0.1) is 0 Å². The van der Waals surface area contributed by atoms with Gasteiger partial charge < -0.3 is 14.2 Å². The van der Waals surface area contributed by atoms with E-state index in [1.807, 2.05) is 0 Å². The summed E-state index contributed by atoms with van der Waals surface area (Å²) in [5, 5.41) is 10.2. The highest BCUT2D eigenvalue weighted by Gasteiger charge is 2.06. The molecule has 0 N–H and O–H groups in total. The van der Waals surface area contributed by atoms with E-state index in [2.05, 4.69) is 4.74 Å². The van der Waals surface area contributed by atoms with Crippen molar-refractivity contribution in [3.8, 4) is 5.75 Å². The zero-order valence-corrected chi connectivity index (χ0v) is 14.7. The van der Waals surface area contributed by atoms with Gasteiger partial charge in [0, 0.05) is 18.9 Å². The predicted octanol–water partition coefficient (Wildman–Crippen LogP) is 2.98. The first-order chi connectivity index (χ1) is 12.5. The monoisotopic (exact) mass is 365 g/mol. The lowest BCUT2D eigenvalue weighted by molar-refractivity contribution is -0.400. The fourth-order valence-corrected chi connectivity index (χ4v) is 1.95. The number of carbonyl (C=O) groups is 2. The largest absolute Gasteiger partial charge is 0.494 e. The van der Waals surface area contributed by atoms with Gasteiger partial charge in [-0.1, -0.05) is 12.1 Å². The summed E-state index contributed by atoms with van der Waals surface area (Å²) in [6, 6.07) is 6.93. The molecule has 0 saturated carbocycles. The van der Waals surface area contributed by atoms with Gasteiger partial charge in [0.25, 0.3) is 0 Å². The number of hydrogen-bond acceptors (Lipinski definition) is 7. The van der Waals surface area contributed by atoms with Gasteiger partial charge in [0.15, 0.2) is 0 Å². The lowest BCUT2D eigenvalue weighted by atomic mass is 10.2. The Balaban J connectivity index is 2.09. The number of nitrogens with zero attached hydrogens (tertiary/aromatic N) is 1. The summed E-state index contributed by atoms with van der Waals surface area (Å²) >= 11 is 0. The summed E-state index contributed by atoms with van der Waals surface area (Å²) in [5.74, 6) is 0.00744. The van der Waals surface area contributed by atoms with Gasteiger partial charge in [-0.2, -0.15) is 0 Å². The second kappa shape index (κ2) is 12.5. The third-order valence-electron chi connectivity index (χ3n) is 3.33. The van der Waals surface area contributed by atoms with Crippen molar-refractivity contribution in [3.05, 3.63) is 46.1 Å². The molecular formula is C18H23NO7. The lowest BCUT2D eigenvalue weighted by Crippen LogP contribution is -2.08. The lowest BCUT2D eigenvalue weighted by Gasteiger charge is -2.07. The molecule has 0 aliphatic rings. The number of benzene rings is 1. The molecule has 8 heteroatoms. The average molecular weight is 365 g/mol. The van der Waals surface area contributed by atoms with Crippen LogP contribution in [0.15, 0.2) is 30.5 Å². The highest BCUT2D eigenvalue weighted by Crippen LogP contribution is 2.13. The summed E-state index contributed by atoms with van der Waals surface area (Å²) in [6.07, 6.45) is 4.51. The van der Waals surface area contributed by atoms with Crippen LogP contribution in [0.5, 0.6) is 5.75 Å². The number of methoxy groups -OCH3 is 1. The maximum Gasteiger partial charge on any atom is 0.305 e. The zero-order chi connectivity index (χ0) is 19.2. The van der Waals surface area contributed by atoms with E-state index in [-0.39, 0.29) is 24.8 Å². The van der Waals surface area contributed by atoms with E-state index in [0.717, 1.165) is 12.6 Å². The van der Waals surface area contributed by atoms with Crippen LogP contribution in [0.4, 0.5) is 0 Å². The van der Waals surface area contributed by atoms with E-state index in [1.54, 1.807) is 24.3 Å². The SMILES string of the molecule is COC(=O)CCCC(=O)OCCCCOc1ccc(/C=C/[N+](=O)[O-])cc1. The highest BCUT2D eigenvalue weighted by molar-refractivity contribution is 5.72. The molecule has 1 rings (SSSR count). The van der Waals surface area contributed by atoms with Gasteiger partial charge in [0.05, 0.1) is 25.2 Å². The van der Waals surface area contributed by atoms with Crippen LogP contribution in [-0.2, 0) is 19.1 Å². The van der Waals surface area contributed by atoms with Crippen LogP contribution >= 0.6 is 0 Å². The van der Waals surface area contributed by atoms with Crippen LogP contribution in [0.25, 0.3) is 6.08 Å². The molecule has 0 fully saturated rings. The number of rotatable bonds is 12. The van der Waals surface area contributed by atoms with Crippen molar-refractivity contribution in [2.75, 3.05) is 20.3 Å². The molecule has 0 unspecified atom stereocenters. The van der Waals surface area contributed by atoms with E-state index >= 15 is 0 Å². The first-order valence-electron chi connectivity index (χ1n) is 8.28. The minimum Gasteiger partial charge on any atom is -0.494 e. The first kappa shape index (κ1) is 21.1. The molecule has 142 valence electrons. The van der Waals surface area contributed by atoms with Gasteiger partial charge in [0.2, 0.25) is 6.20 Å². The van der Waals surface area contributed by atoms with E-state index in [9.17, 15) is 19.7 Å². The van der Waals surface area contributed by atoms with Gasteiger partial charge >= 0.3 is 11.9 Å². The molecule has 0 radical (unpaired) electrons. The molecule has 26 heavy (non-hydrogen) atoms. The molecule has 0 aliphatic carbocycles. The van der Waals surface area contributed by atoms with Crippen LogP contribution in [0.1, 0.15) is 37.7 Å². The summed E-state index contributed by atoms with van der Waals surface area (Å²) in [5.41, 5.74) is 0.716. The van der Waals surface area contributed by atoms with Crippen molar-refractivity contribution in [1.82, 2.24) is 0 Å². The van der Waals surface area contributed by atoms with Crippen LogP contribution in [0, 0.1) is 10.1 Å². The molecule has 0 saturated heterocycles. The smallest absolute Gasteiger partial charge is 0.305 e. The Kier molecular flexibility index (Phi) is 10.1. The molecule has 0 amide bonds. The number of nitro groups is 1. The van der Waals surface area contributed by atoms with Crippen LogP contribution in [-0.4, -0.2) is 37.2 Å². The van der Waals surface area contributed by atoms with E-state index in [4.69, 9.17) is 9.47 Å². The van der Waals surface area contributed by atoms with Crippen molar-refractivity contribution in [2.45, 2.75) is 32.1 Å². The molecule has 8 nitrogen and oxygen atoms in total. The predicted molar refractivity (Wildman–Crippen MR) is 94.0 cm³/mol. The Bertz CT molecular complexity index is 610. The third kappa shape index (κ3) is 10.1. The molecule has 0 heterocycles. The second-order valence-corrected chi connectivity index (χ2v) is 5.38. The van der Waals surface area contributed by atoms with E-state index in [1.165, 1.54) is 13.2 Å². The molecule has 0 aromatic heterocycles. The van der Waals surface area contributed by atoms with Crippen molar-refractivity contribution >= 4 is 18.0 Å². The first-order valence-corrected chi connectivity index (χ1v) is 8.28. The topological polar surface area (TPSA) is 105 Å². The Morgan fingerprint density at radius 3 is 2.35 bits per heavy atom. The molecule has 1 aromatic rings. The molecule has 0 atom stereocenters. The number of ether oxygens (including phenoxy) is 3. The number of carbonyl (C=O) groups excluding carboxylic acids is 2. The third-order valence-corrected chi connectivity index (χ3v) is 3.33. The summed E-state index contributed by atoms with van der Waals surface area (Å²) in [4.78, 5) is 32.1. The average Bonchev–Trinajstić information content (AvgIpc) is 2.63. The fraction of sp³-hybridized carbons (Fsp3) is 0.444. The summed E-state index contributed by atoms with van der Waals surface area (Å²) < 4.78 is 15.1. The fourth-order valence-electron chi connectivity index (χ4n) is 1.95. The van der Waals surface area contributed by atoms with Crippen molar-refractivity contribution in [1.29, 1.82) is 0 Å². The standard InChI is InChI=1S/C18H23NO7/c1-24-17(20)5-4-6-18(21)26-14-3-2-13-25-16-9-7-15(8-10-16)11-12-19(22)23/h7-12H,2-6,13-14H2,1H3/b12-11+. The number of esters is 2. The van der Waals surface area contributed by atoms with E-state index < -0.39 is 4.92 Å². The van der Waals surface area contributed by atoms with Gasteiger partial charge in [-0.25, -0.2) is 0 Å². The minimum atomic E-state index is -0.517. The molecule has 0 aliphatic heterocycles. The molecule has 0 spiro atoms. The van der Waals surface area contributed by atoms with Crippen LogP contribution < -0.4 is 4.74 Å². The Labute approximate surface area is 151 Å². The Hall–Kier alpha value is -2.90. The van der Waals surface area contributed by atoms with Gasteiger partial charge in [0.1, 0.15) is 5.75 Å². The Morgan fingerprint density at radius 2 is 1.69 bits per heavy atom.